The number of para-hydroxylation sites is 1. The van der Waals surface area contributed by atoms with Crippen molar-refractivity contribution in [2.75, 3.05) is 7.11 Å². The highest BCUT2D eigenvalue weighted by Gasteiger charge is 2.28. The Morgan fingerprint density at radius 2 is 1.23 bits per heavy atom. The van der Waals surface area contributed by atoms with Crippen molar-refractivity contribution in [3.63, 3.8) is 0 Å². The smallest absolute Gasteiger partial charge is 0.227 e. The second-order valence-corrected chi connectivity index (χ2v) is 7.20. The number of nitrogens with zero attached hydrogens (tertiary/aromatic N) is 1. The first-order valence-corrected chi connectivity index (χ1v) is 10.2. The van der Waals surface area contributed by atoms with E-state index < -0.39 is 0 Å². The van der Waals surface area contributed by atoms with E-state index in [0.29, 0.717) is 5.90 Å². The zero-order valence-electron chi connectivity index (χ0n) is 17.2. The van der Waals surface area contributed by atoms with Gasteiger partial charge >= 0.3 is 0 Å². The number of methoxy groups -OCH3 is 1. The van der Waals surface area contributed by atoms with Crippen LogP contribution in [-0.2, 0) is 4.74 Å². The van der Waals surface area contributed by atoms with Gasteiger partial charge in [0.1, 0.15) is 11.5 Å². The Labute approximate surface area is 181 Å². The van der Waals surface area contributed by atoms with E-state index >= 15 is 0 Å². The molecule has 0 unspecified atom stereocenters. The van der Waals surface area contributed by atoms with Gasteiger partial charge in [0.05, 0.1) is 12.8 Å². The Morgan fingerprint density at radius 1 is 0.645 bits per heavy atom. The molecule has 1 aliphatic heterocycles. The van der Waals surface area contributed by atoms with E-state index in [1.807, 2.05) is 72.8 Å². The maximum Gasteiger partial charge on any atom is 0.227 e. The number of rotatable bonds is 4. The van der Waals surface area contributed by atoms with Gasteiger partial charge in [-0.25, -0.2) is 4.99 Å². The van der Waals surface area contributed by atoms with Crippen LogP contribution in [0.15, 0.2) is 114 Å². The molecule has 1 aliphatic rings. The average Bonchev–Trinajstić information content (AvgIpc) is 3.19. The molecule has 0 saturated heterocycles. The Hall–Kier alpha value is -4.11. The summed E-state index contributed by atoms with van der Waals surface area (Å²) in [4.78, 5) is 4.79. The zero-order valence-corrected chi connectivity index (χ0v) is 17.2. The van der Waals surface area contributed by atoms with E-state index in [4.69, 9.17) is 14.5 Å². The monoisotopic (exact) mass is 403 g/mol. The van der Waals surface area contributed by atoms with Crippen molar-refractivity contribution >= 4 is 22.9 Å². The molecule has 3 nitrogen and oxygen atoms in total. The average molecular weight is 403 g/mol. The largest absolute Gasteiger partial charge is 0.497 e. The van der Waals surface area contributed by atoms with Crippen molar-refractivity contribution in [3.8, 4) is 5.75 Å². The molecule has 5 rings (SSSR count). The van der Waals surface area contributed by atoms with Crippen LogP contribution in [0.5, 0.6) is 5.75 Å². The van der Waals surface area contributed by atoms with E-state index in [1.54, 1.807) is 7.11 Å². The first-order chi connectivity index (χ1) is 15.3. The fraction of sp³-hybridized carbons (Fsp3) is 0.0357. The lowest BCUT2D eigenvalue weighted by Gasteiger charge is -2.13. The fourth-order valence-corrected chi connectivity index (χ4v) is 3.75. The molecule has 0 N–H and O–H groups in total. The van der Waals surface area contributed by atoms with Crippen molar-refractivity contribution in [2.45, 2.75) is 0 Å². The van der Waals surface area contributed by atoms with Crippen molar-refractivity contribution in [3.05, 3.63) is 131 Å². The lowest BCUT2D eigenvalue weighted by Crippen LogP contribution is -1.98. The van der Waals surface area contributed by atoms with Gasteiger partial charge in [-0.05, 0) is 41.5 Å². The van der Waals surface area contributed by atoms with E-state index in [-0.39, 0.29) is 0 Å². The number of hydrogen-bond donors (Lipinski definition) is 0. The lowest BCUT2D eigenvalue weighted by molar-refractivity contribution is 0.415. The Kier molecular flexibility index (Phi) is 5.07. The molecule has 4 aromatic rings. The zero-order chi connectivity index (χ0) is 21.0. The van der Waals surface area contributed by atoms with Crippen molar-refractivity contribution < 1.29 is 9.47 Å². The molecule has 0 radical (unpaired) electrons. The van der Waals surface area contributed by atoms with Crippen molar-refractivity contribution in [2.24, 2.45) is 4.99 Å². The minimum atomic E-state index is 0.610. The summed E-state index contributed by atoms with van der Waals surface area (Å²) in [6, 6.07) is 36.4. The normalized spacial score (nSPS) is 15.3. The van der Waals surface area contributed by atoms with E-state index in [0.717, 1.165) is 45.0 Å². The summed E-state index contributed by atoms with van der Waals surface area (Å²) in [6.45, 7) is 0. The highest BCUT2D eigenvalue weighted by Crippen LogP contribution is 2.40. The van der Waals surface area contributed by atoms with Gasteiger partial charge in [0, 0.05) is 16.7 Å². The first kappa shape index (κ1) is 18.9. The summed E-state index contributed by atoms with van der Waals surface area (Å²) in [7, 11) is 1.67. The topological polar surface area (TPSA) is 30.8 Å². The van der Waals surface area contributed by atoms with Gasteiger partial charge < -0.3 is 9.47 Å². The van der Waals surface area contributed by atoms with E-state index in [1.165, 1.54) is 0 Å². The molecule has 0 atom stereocenters. The molecule has 150 valence electrons. The van der Waals surface area contributed by atoms with Crippen LogP contribution in [-0.4, -0.2) is 13.0 Å². The third-order valence-corrected chi connectivity index (χ3v) is 5.26. The Bertz CT molecular complexity index is 1260. The predicted octanol–water partition coefficient (Wildman–Crippen LogP) is 6.72. The standard InChI is InChI=1S/C28H21NO2/c1-30-23-18-16-21(17-19-23)26(20-10-4-2-5-11-20)27-24-14-8-9-15-25(24)28(31-27)29-22-12-6-3-7-13-22/h2-19H,1H3/b27-26+,29-28?. The molecule has 3 heteroatoms. The van der Waals surface area contributed by atoms with Crippen LogP contribution in [0.4, 0.5) is 5.69 Å². The molecule has 0 aliphatic carbocycles. The molecule has 4 aromatic carbocycles. The van der Waals surface area contributed by atoms with Gasteiger partial charge in [0.2, 0.25) is 5.90 Å². The molecule has 0 fully saturated rings. The quantitative estimate of drug-likeness (QED) is 0.379. The molecule has 1 heterocycles. The SMILES string of the molecule is COc1ccc(/C(=C2/OC(=Nc3ccccc3)c3ccccc32)c2ccccc2)cc1. The molecule has 0 bridgehead atoms. The number of fused-ring (bicyclic) bond motifs is 1. The highest BCUT2D eigenvalue weighted by atomic mass is 16.5. The summed E-state index contributed by atoms with van der Waals surface area (Å²) in [5, 5.41) is 0. The van der Waals surface area contributed by atoms with Crippen LogP contribution in [0, 0.1) is 0 Å². The molecule has 0 amide bonds. The van der Waals surface area contributed by atoms with Gasteiger partial charge in [-0.15, -0.1) is 0 Å². The molecule has 0 saturated carbocycles. The van der Waals surface area contributed by atoms with Gasteiger partial charge in [-0.2, -0.15) is 0 Å². The second kappa shape index (κ2) is 8.33. The van der Waals surface area contributed by atoms with Crippen molar-refractivity contribution in [1.82, 2.24) is 0 Å². The fourth-order valence-electron chi connectivity index (χ4n) is 3.75. The summed E-state index contributed by atoms with van der Waals surface area (Å²) in [5.41, 5.74) is 6.04. The first-order valence-electron chi connectivity index (χ1n) is 10.2. The van der Waals surface area contributed by atoms with Crippen LogP contribution in [0.1, 0.15) is 22.3 Å². The minimum Gasteiger partial charge on any atom is -0.497 e. The van der Waals surface area contributed by atoms with Crippen LogP contribution >= 0.6 is 0 Å². The third kappa shape index (κ3) is 3.74. The maximum atomic E-state index is 6.46. The van der Waals surface area contributed by atoms with Crippen LogP contribution < -0.4 is 4.74 Å². The van der Waals surface area contributed by atoms with Crippen LogP contribution in [0.25, 0.3) is 11.3 Å². The summed E-state index contributed by atoms with van der Waals surface area (Å²) in [6.07, 6.45) is 0. The number of ether oxygens (including phenoxy) is 2. The van der Waals surface area contributed by atoms with Gasteiger partial charge in [-0.3, -0.25) is 0 Å². The third-order valence-electron chi connectivity index (χ3n) is 5.26. The molecular formula is C28H21NO2. The predicted molar refractivity (Wildman–Crippen MR) is 126 cm³/mol. The highest BCUT2D eigenvalue weighted by molar-refractivity contribution is 6.13. The van der Waals surface area contributed by atoms with E-state index in [2.05, 4.69) is 36.4 Å². The lowest BCUT2D eigenvalue weighted by atomic mass is 9.93. The number of hydrogen-bond acceptors (Lipinski definition) is 3. The summed E-state index contributed by atoms with van der Waals surface area (Å²) < 4.78 is 11.8. The van der Waals surface area contributed by atoms with Gasteiger partial charge in [0.25, 0.3) is 0 Å². The van der Waals surface area contributed by atoms with Crippen LogP contribution in [0.2, 0.25) is 0 Å². The Balaban J connectivity index is 1.72. The Morgan fingerprint density at radius 3 is 1.90 bits per heavy atom. The maximum absolute atomic E-state index is 6.46. The van der Waals surface area contributed by atoms with Crippen LogP contribution in [0.3, 0.4) is 0 Å². The molecule has 31 heavy (non-hydrogen) atoms. The molecule has 0 spiro atoms. The molecular weight excluding hydrogens is 382 g/mol. The van der Waals surface area contributed by atoms with Gasteiger partial charge in [0.15, 0.2) is 0 Å². The van der Waals surface area contributed by atoms with Gasteiger partial charge in [-0.1, -0.05) is 78.9 Å². The van der Waals surface area contributed by atoms with E-state index in [9.17, 15) is 0 Å². The molecule has 0 aromatic heterocycles. The minimum absolute atomic E-state index is 0.610. The second-order valence-electron chi connectivity index (χ2n) is 7.20. The summed E-state index contributed by atoms with van der Waals surface area (Å²) >= 11 is 0. The number of benzene rings is 4. The number of aliphatic imine (C=N–C) groups is 1. The van der Waals surface area contributed by atoms with Crippen molar-refractivity contribution in [1.29, 1.82) is 0 Å². The summed E-state index contributed by atoms with van der Waals surface area (Å²) in [5.74, 6) is 2.24.